The van der Waals surface area contributed by atoms with Crippen molar-refractivity contribution in [3.8, 4) is 0 Å². The molecule has 1 unspecified atom stereocenters. The summed E-state index contributed by atoms with van der Waals surface area (Å²) >= 11 is 0. The summed E-state index contributed by atoms with van der Waals surface area (Å²) in [5.41, 5.74) is 0. The fraction of sp³-hybridized carbons (Fsp3) is 0.938. The molecule has 290 valence electrons. The van der Waals surface area contributed by atoms with E-state index in [1.165, 1.54) is 64.2 Å². The molecule has 0 aliphatic carbocycles. The van der Waals surface area contributed by atoms with Gasteiger partial charge < -0.3 is 40.5 Å². The molecule has 1 atom stereocenters. The van der Waals surface area contributed by atoms with E-state index < -0.39 is 33.7 Å². The third-order valence-electron chi connectivity index (χ3n) is 7.25. The van der Waals surface area contributed by atoms with Crippen molar-refractivity contribution in [2.75, 3.05) is 85.5 Å². The monoisotopic (exact) mass is 720 g/mol. The molecular weight excluding hydrogens is 652 g/mol. The first-order valence-electron chi connectivity index (χ1n) is 17.4. The Bertz CT molecular complexity index is 760. The van der Waals surface area contributed by atoms with E-state index in [2.05, 4.69) is 6.92 Å². The van der Waals surface area contributed by atoms with Crippen molar-refractivity contribution in [2.45, 2.75) is 108 Å². The van der Waals surface area contributed by atoms with Crippen LogP contribution in [-0.2, 0) is 24.4 Å². The Morgan fingerprint density at radius 3 is 1.10 bits per heavy atom. The maximum Gasteiger partial charge on any atom is 0.325 e. The number of ether oxygens (including phenoxy) is 1. The van der Waals surface area contributed by atoms with Crippen molar-refractivity contribution in [1.29, 1.82) is 0 Å². The highest BCUT2D eigenvalue weighted by molar-refractivity contribution is 7.87. The van der Waals surface area contributed by atoms with Gasteiger partial charge in [-0.3, -0.25) is 23.9 Å². The second-order valence-corrected chi connectivity index (χ2v) is 13.0. The summed E-state index contributed by atoms with van der Waals surface area (Å²) in [6, 6.07) is 0. The Morgan fingerprint density at radius 1 is 0.562 bits per heavy atom. The number of aliphatic hydroxyl groups is 6. The number of hydrogen-bond acceptors (Lipinski definition) is 13. The molecule has 0 aromatic rings. The molecule has 0 aromatic carbocycles. The highest BCUT2D eigenvalue weighted by atomic mass is 32.2. The number of carbonyl (C=O) groups excluding carboxylic acids is 1. The summed E-state index contributed by atoms with van der Waals surface area (Å²) < 4.78 is 35.4. The number of rotatable bonds is 31. The Hall–Kier alpha value is -1.47. The van der Waals surface area contributed by atoms with E-state index in [1.807, 2.05) is 0 Å². The van der Waals surface area contributed by atoms with Crippen LogP contribution in [-0.4, -0.2) is 161 Å². The zero-order valence-corrected chi connectivity index (χ0v) is 30.1. The van der Waals surface area contributed by atoms with Gasteiger partial charge in [0.15, 0.2) is 5.25 Å². The third kappa shape index (κ3) is 37.4. The molecule has 8 N–H and O–H groups in total. The SMILES string of the molecule is CCCCCCCCCCCCCCCCOC(=O)CC(C(=O)O)S(=O)(=O)O.OCCN(CCO)CCO.OCCN(CCO)CCO. The molecule has 0 aliphatic heterocycles. The largest absolute Gasteiger partial charge is 0.480 e. The molecule has 0 amide bonds. The lowest BCUT2D eigenvalue weighted by Crippen LogP contribution is -2.32. The zero-order chi connectivity index (χ0) is 36.9. The molecule has 15 nitrogen and oxygen atoms in total. The Kier molecular flexibility index (Phi) is 40.7. The standard InChI is InChI=1S/C20H38O7S.2C6H15NO3/c1-2-3-4-5-6-7-8-9-10-11-12-13-14-15-16-27-19(21)17-18(20(22)23)28(24,25)26;2*8-4-1-7(2-5-9)3-6-10/h18H,2-17H2,1H3,(H,22,23)(H,24,25,26);2*8-10H,1-6H2. The number of carbonyl (C=O) groups is 2. The van der Waals surface area contributed by atoms with Crippen molar-refractivity contribution >= 4 is 22.1 Å². The van der Waals surface area contributed by atoms with Gasteiger partial charge in [0.05, 0.1) is 52.7 Å². The van der Waals surface area contributed by atoms with E-state index in [1.54, 1.807) is 9.80 Å². The first-order chi connectivity index (χ1) is 23.0. The first kappa shape index (κ1) is 50.9. The predicted octanol–water partition coefficient (Wildman–Crippen LogP) is 1.27. The summed E-state index contributed by atoms with van der Waals surface area (Å²) in [6.45, 7) is 5.87. The number of unbranched alkanes of at least 4 members (excludes halogenated alkanes) is 13. The Morgan fingerprint density at radius 2 is 0.854 bits per heavy atom. The first-order valence-corrected chi connectivity index (χ1v) is 18.9. The van der Waals surface area contributed by atoms with Crippen LogP contribution in [0.4, 0.5) is 0 Å². The summed E-state index contributed by atoms with van der Waals surface area (Å²) in [4.78, 5) is 25.8. The molecule has 16 heteroatoms. The van der Waals surface area contributed by atoms with Crippen molar-refractivity contribution in [3.05, 3.63) is 0 Å². The number of aliphatic carboxylic acids is 1. The lowest BCUT2D eigenvalue weighted by Gasteiger charge is -2.17. The van der Waals surface area contributed by atoms with E-state index >= 15 is 0 Å². The molecule has 0 saturated heterocycles. The van der Waals surface area contributed by atoms with Crippen LogP contribution in [0.25, 0.3) is 0 Å². The van der Waals surface area contributed by atoms with E-state index in [0.717, 1.165) is 19.3 Å². The number of esters is 1. The van der Waals surface area contributed by atoms with Crippen molar-refractivity contribution < 1.29 is 63.0 Å². The average molecular weight is 721 g/mol. The molecule has 0 rings (SSSR count). The van der Waals surface area contributed by atoms with Crippen LogP contribution in [0, 0.1) is 0 Å². The highest BCUT2D eigenvalue weighted by Crippen LogP contribution is 2.13. The minimum atomic E-state index is -4.82. The van der Waals surface area contributed by atoms with Gasteiger partial charge >= 0.3 is 11.9 Å². The molecule has 0 fully saturated rings. The molecule has 0 saturated carbocycles. The van der Waals surface area contributed by atoms with Crippen molar-refractivity contribution in [2.24, 2.45) is 0 Å². The lowest BCUT2D eigenvalue weighted by atomic mass is 10.0. The van der Waals surface area contributed by atoms with Crippen LogP contribution in [0.2, 0.25) is 0 Å². The average Bonchev–Trinajstić information content (AvgIpc) is 3.02. The van der Waals surface area contributed by atoms with Crippen molar-refractivity contribution in [3.63, 3.8) is 0 Å². The molecule has 0 heterocycles. The minimum absolute atomic E-state index is 0.0694. The normalized spacial score (nSPS) is 11.9. The fourth-order valence-corrected chi connectivity index (χ4v) is 5.13. The number of aliphatic hydroxyl groups excluding tert-OH is 6. The van der Waals surface area contributed by atoms with Crippen LogP contribution in [0.15, 0.2) is 0 Å². The van der Waals surface area contributed by atoms with Gasteiger partial charge in [-0.2, -0.15) is 8.42 Å². The third-order valence-corrected chi connectivity index (χ3v) is 8.33. The number of carboxylic acids is 1. The van der Waals surface area contributed by atoms with Gasteiger partial charge in [-0.05, 0) is 6.42 Å². The molecule has 0 radical (unpaired) electrons. The molecule has 0 aromatic heterocycles. The second kappa shape index (κ2) is 38.3. The Labute approximate surface area is 288 Å². The summed E-state index contributed by atoms with van der Waals surface area (Å²) in [6.07, 6.45) is 16.1. The van der Waals surface area contributed by atoms with Crippen LogP contribution in [0.3, 0.4) is 0 Å². The van der Waals surface area contributed by atoms with Crippen molar-refractivity contribution in [1.82, 2.24) is 9.80 Å². The molecule has 48 heavy (non-hydrogen) atoms. The maximum absolute atomic E-state index is 11.5. The number of hydrogen-bond donors (Lipinski definition) is 8. The lowest BCUT2D eigenvalue weighted by molar-refractivity contribution is -0.147. The van der Waals surface area contributed by atoms with Gasteiger partial charge in [0.2, 0.25) is 0 Å². The number of carboxylic acid groups (broad SMARTS) is 1. The quantitative estimate of drug-likeness (QED) is 0.0286. The summed E-state index contributed by atoms with van der Waals surface area (Å²) in [5.74, 6) is -2.70. The van der Waals surface area contributed by atoms with Crippen LogP contribution in [0.5, 0.6) is 0 Å². The van der Waals surface area contributed by atoms with Gasteiger partial charge in [0.25, 0.3) is 10.1 Å². The van der Waals surface area contributed by atoms with Crippen LogP contribution in [0.1, 0.15) is 103 Å². The summed E-state index contributed by atoms with van der Waals surface area (Å²) in [7, 11) is -4.82. The fourth-order valence-electron chi connectivity index (χ4n) is 4.53. The number of nitrogens with zero attached hydrogens (tertiary/aromatic N) is 2. The van der Waals surface area contributed by atoms with Crippen LogP contribution >= 0.6 is 0 Å². The van der Waals surface area contributed by atoms with Gasteiger partial charge in [0, 0.05) is 39.3 Å². The Balaban J connectivity index is -0.000000821. The highest BCUT2D eigenvalue weighted by Gasteiger charge is 2.33. The molecular formula is C32H68N2O13S. The van der Waals surface area contributed by atoms with Gasteiger partial charge in [-0.15, -0.1) is 0 Å². The molecule has 0 aliphatic rings. The molecule has 0 bridgehead atoms. The topological polar surface area (TPSA) is 246 Å². The van der Waals surface area contributed by atoms with Crippen LogP contribution < -0.4 is 0 Å². The maximum atomic E-state index is 11.5. The van der Waals surface area contributed by atoms with E-state index in [9.17, 15) is 18.0 Å². The predicted molar refractivity (Wildman–Crippen MR) is 184 cm³/mol. The van der Waals surface area contributed by atoms with E-state index in [4.69, 9.17) is 45.0 Å². The smallest absolute Gasteiger partial charge is 0.325 e. The van der Waals surface area contributed by atoms with Gasteiger partial charge in [-0.1, -0.05) is 90.4 Å². The van der Waals surface area contributed by atoms with E-state index in [0.29, 0.717) is 45.7 Å². The minimum Gasteiger partial charge on any atom is -0.480 e. The zero-order valence-electron chi connectivity index (χ0n) is 29.3. The van der Waals surface area contributed by atoms with Gasteiger partial charge in [0.1, 0.15) is 0 Å². The summed E-state index contributed by atoms with van der Waals surface area (Å²) in [5, 5.41) is 57.5. The molecule has 0 spiro atoms. The van der Waals surface area contributed by atoms with E-state index in [-0.39, 0.29) is 46.2 Å². The second-order valence-electron chi connectivity index (χ2n) is 11.4. The van der Waals surface area contributed by atoms with Gasteiger partial charge in [-0.25, -0.2) is 0 Å².